The summed E-state index contributed by atoms with van der Waals surface area (Å²) < 4.78 is 0. The molecule has 2 unspecified atom stereocenters. The summed E-state index contributed by atoms with van der Waals surface area (Å²) in [7, 11) is 0. The maximum absolute atomic E-state index is 9.10. The smallest absolute Gasteiger partial charge is 0.0558 e. The molecule has 0 bridgehead atoms. The number of nitrogens with one attached hydrogen (secondary N) is 1. The van der Waals surface area contributed by atoms with E-state index in [0.717, 1.165) is 44.4 Å². The van der Waals surface area contributed by atoms with Crippen LogP contribution >= 0.6 is 0 Å². The highest BCUT2D eigenvalue weighted by Crippen LogP contribution is 2.37. The Labute approximate surface area is 110 Å². The molecule has 2 atom stereocenters. The molecule has 18 heavy (non-hydrogen) atoms. The predicted molar refractivity (Wildman–Crippen MR) is 72.5 cm³/mol. The first kappa shape index (κ1) is 14.3. The van der Waals surface area contributed by atoms with Crippen molar-refractivity contribution in [3.05, 3.63) is 0 Å². The summed E-state index contributed by atoms with van der Waals surface area (Å²) in [5.41, 5.74) is 0. The molecule has 0 amide bonds. The van der Waals surface area contributed by atoms with Crippen molar-refractivity contribution in [2.24, 2.45) is 11.8 Å². The predicted octanol–water partition coefficient (Wildman–Crippen LogP) is 0.441. The molecule has 2 fully saturated rings. The fourth-order valence-corrected chi connectivity index (χ4v) is 3.16. The van der Waals surface area contributed by atoms with Crippen LogP contribution in [0, 0.1) is 11.8 Å². The van der Waals surface area contributed by atoms with E-state index in [-0.39, 0.29) is 13.2 Å². The van der Waals surface area contributed by atoms with Gasteiger partial charge in [0.2, 0.25) is 0 Å². The maximum atomic E-state index is 9.10. The van der Waals surface area contributed by atoms with Gasteiger partial charge in [0, 0.05) is 32.3 Å². The lowest BCUT2D eigenvalue weighted by Gasteiger charge is -2.38. The van der Waals surface area contributed by atoms with E-state index >= 15 is 0 Å². The first-order valence-corrected chi connectivity index (χ1v) is 7.49. The third-order valence-electron chi connectivity index (χ3n) is 4.16. The van der Waals surface area contributed by atoms with Crippen LogP contribution in [-0.4, -0.2) is 60.5 Å². The Morgan fingerprint density at radius 3 is 2.56 bits per heavy atom. The van der Waals surface area contributed by atoms with Crippen LogP contribution in [0.2, 0.25) is 0 Å². The van der Waals surface area contributed by atoms with E-state index in [9.17, 15) is 0 Å². The molecule has 2 aliphatic rings. The molecule has 0 aromatic carbocycles. The van der Waals surface area contributed by atoms with E-state index in [1.807, 2.05) is 0 Å². The molecule has 1 saturated heterocycles. The molecule has 0 aromatic rings. The Hall–Kier alpha value is -0.160. The SMILES string of the molecule is OCCCNC1CC(CC2CC2)CN(CCO)C1. The second kappa shape index (κ2) is 7.43. The van der Waals surface area contributed by atoms with Crippen molar-refractivity contribution in [3.8, 4) is 0 Å². The fraction of sp³-hybridized carbons (Fsp3) is 1.00. The first-order chi connectivity index (χ1) is 8.81. The first-order valence-electron chi connectivity index (χ1n) is 7.49. The Morgan fingerprint density at radius 2 is 1.89 bits per heavy atom. The zero-order chi connectivity index (χ0) is 12.8. The summed E-state index contributed by atoms with van der Waals surface area (Å²) in [6, 6.07) is 0.542. The van der Waals surface area contributed by atoms with Gasteiger partial charge in [-0.2, -0.15) is 0 Å². The van der Waals surface area contributed by atoms with Crippen molar-refractivity contribution >= 4 is 0 Å². The highest BCUT2D eigenvalue weighted by molar-refractivity contribution is 4.87. The quantitative estimate of drug-likeness (QED) is 0.552. The molecule has 4 heteroatoms. The molecular weight excluding hydrogens is 228 g/mol. The highest BCUT2D eigenvalue weighted by atomic mass is 16.3. The average Bonchev–Trinajstić information content (AvgIpc) is 3.13. The zero-order valence-corrected chi connectivity index (χ0v) is 11.4. The van der Waals surface area contributed by atoms with Gasteiger partial charge in [0.1, 0.15) is 0 Å². The summed E-state index contributed by atoms with van der Waals surface area (Å²) in [4.78, 5) is 2.40. The molecule has 1 aliphatic heterocycles. The largest absolute Gasteiger partial charge is 0.396 e. The van der Waals surface area contributed by atoms with Crippen LogP contribution in [0.4, 0.5) is 0 Å². The van der Waals surface area contributed by atoms with Crippen LogP contribution in [0.5, 0.6) is 0 Å². The number of piperidine rings is 1. The number of aliphatic hydroxyl groups excluding tert-OH is 2. The van der Waals surface area contributed by atoms with E-state index in [1.165, 1.54) is 25.7 Å². The van der Waals surface area contributed by atoms with Gasteiger partial charge in [0.25, 0.3) is 0 Å². The lowest BCUT2D eigenvalue weighted by atomic mass is 9.89. The second-order valence-electron chi connectivity index (χ2n) is 5.99. The third kappa shape index (κ3) is 4.84. The van der Waals surface area contributed by atoms with E-state index in [0.29, 0.717) is 6.04 Å². The molecular formula is C14H28N2O2. The van der Waals surface area contributed by atoms with Crippen molar-refractivity contribution in [2.45, 2.75) is 38.1 Å². The summed E-state index contributed by atoms with van der Waals surface area (Å²) in [5.74, 6) is 1.78. The molecule has 1 saturated carbocycles. The van der Waals surface area contributed by atoms with Gasteiger partial charge in [-0.25, -0.2) is 0 Å². The minimum atomic E-state index is 0.263. The van der Waals surface area contributed by atoms with E-state index in [2.05, 4.69) is 10.2 Å². The molecule has 106 valence electrons. The Bertz CT molecular complexity index is 234. The summed E-state index contributed by atoms with van der Waals surface area (Å²) in [6.45, 7) is 4.46. The van der Waals surface area contributed by atoms with Crippen LogP contribution in [0.15, 0.2) is 0 Å². The highest BCUT2D eigenvalue weighted by Gasteiger charge is 2.31. The molecule has 1 heterocycles. The molecule has 3 N–H and O–H groups in total. The number of hydrogen-bond donors (Lipinski definition) is 3. The summed E-state index contributed by atoms with van der Waals surface area (Å²) in [6.07, 6.45) is 6.34. The summed E-state index contributed by atoms with van der Waals surface area (Å²) >= 11 is 0. The number of rotatable bonds is 8. The lowest BCUT2D eigenvalue weighted by Crippen LogP contribution is -2.50. The van der Waals surface area contributed by atoms with Crippen molar-refractivity contribution in [2.75, 3.05) is 39.4 Å². The van der Waals surface area contributed by atoms with Gasteiger partial charge in [0.15, 0.2) is 0 Å². The van der Waals surface area contributed by atoms with Crippen molar-refractivity contribution in [3.63, 3.8) is 0 Å². The Balaban J connectivity index is 1.76. The van der Waals surface area contributed by atoms with Gasteiger partial charge >= 0.3 is 0 Å². The monoisotopic (exact) mass is 256 g/mol. The minimum Gasteiger partial charge on any atom is -0.396 e. The zero-order valence-electron chi connectivity index (χ0n) is 11.4. The van der Waals surface area contributed by atoms with Gasteiger partial charge in [-0.1, -0.05) is 12.8 Å². The maximum Gasteiger partial charge on any atom is 0.0558 e. The number of hydrogen-bond acceptors (Lipinski definition) is 4. The molecule has 0 radical (unpaired) electrons. The van der Waals surface area contributed by atoms with E-state index < -0.39 is 0 Å². The fourth-order valence-electron chi connectivity index (χ4n) is 3.16. The number of nitrogens with zero attached hydrogens (tertiary/aromatic N) is 1. The van der Waals surface area contributed by atoms with Crippen molar-refractivity contribution < 1.29 is 10.2 Å². The van der Waals surface area contributed by atoms with E-state index in [4.69, 9.17) is 10.2 Å². The normalized spacial score (nSPS) is 29.7. The summed E-state index contributed by atoms with van der Waals surface area (Å²) in [5, 5.41) is 21.5. The molecule has 0 spiro atoms. The van der Waals surface area contributed by atoms with Gasteiger partial charge in [-0.15, -0.1) is 0 Å². The molecule has 0 aromatic heterocycles. The van der Waals surface area contributed by atoms with Gasteiger partial charge in [-0.3, -0.25) is 4.90 Å². The van der Waals surface area contributed by atoms with Gasteiger partial charge in [-0.05, 0) is 37.6 Å². The molecule has 4 nitrogen and oxygen atoms in total. The Morgan fingerprint density at radius 1 is 1.06 bits per heavy atom. The van der Waals surface area contributed by atoms with Crippen LogP contribution in [0.1, 0.15) is 32.1 Å². The topological polar surface area (TPSA) is 55.7 Å². The van der Waals surface area contributed by atoms with Gasteiger partial charge in [0.05, 0.1) is 6.61 Å². The van der Waals surface area contributed by atoms with Crippen LogP contribution in [-0.2, 0) is 0 Å². The standard InChI is InChI=1S/C14H28N2O2/c17-6-1-4-15-14-9-13(8-12-2-3-12)10-16(11-14)5-7-18/h12-15,17-18H,1-11H2. The second-order valence-corrected chi connectivity index (χ2v) is 5.99. The van der Waals surface area contributed by atoms with Crippen molar-refractivity contribution in [1.82, 2.24) is 10.2 Å². The molecule has 1 aliphatic carbocycles. The number of likely N-dealkylation sites (tertiary alicyclic amines) is 1. The van der Waals surface area contributed by atoms with Crippen LogP contribution < -0.4 is 5.32 Å². The van der Waals surface area contributed by atoms with Gasteiger partial charge < -0.3 is 15.5 Å². The number of β-amino-alcohol motifs (C(OH)–C–C–N with tert-alkyl or cyclic N) is 1. The van der Waals surface area contributed by atoms with Crippen molar-refractivity contribution in [1.29, 1.82) is 0 Å². The average molecular weight is 256 g/mol. The molecule has 2 rings (SSSR count). The minimum absolute atomic E-state index is 0.263. The van der Waals surface area contributed by atoms with Crippen LogP contribution in [0.3, 0.4) is 0 Å². The van der Waals surface area contributed by atoms with Crippen LogP contribution in [0.25, 0.3) is 0 Å². The Kier molecular flexibility index (Phi) is 5.89. The lowest BCUT2D eigenvalue weighted by molar-refractivity contribution is 0.109. The van der Waals surface area contributed by atoms with E-state index in [1.54, 1.807) is 0 Å². The number of aliphatic hydroxyl groups is 2. The third-order valence-corrected chi connectivity index (χ3v) is 4.16.